The number of rotatable bonds is 5. The lowest BCUT2D eigenvalue weighted by atomic mass is 10.1. The highest BCUT2D eigenvalue weighted by molar-refractivity contribution is 5.87. The molecule has 2 aromatic rings. The first kappa shape index (κ1) is 17.0. The monoisotopic (exact) mass is 317 g/mol. The zero-order valence-corrected chi connectivity index (χ0v) is 14.0. The van der Waals surface area contributed by atoms with Gasteiger partial charge in [0, 0.05) is 35.4 Å². The summed E-state index contributed by atoms with van der Waals surface area (Å²) < 4.78 is 5.15. The van der Waals surface area contributed by atoms with Crippen molar-refractivity contribution >= 4 is 22.8 Å². The molecule has 0 spiro atoms. The first-order valence-electron chi connectivity index (χ1n) is 7.68. The van der Waals surface area contributed by atoms with Crippen LogP contribution in [0.5, 0.6) is 0 Å². The number of ether oxygens (including phenoxy) is 1. The number of pyridine rings is 1. The van der Waals surface area contributed by atoms with E-state index in [9.17, 15) is 9.59 Å². The van der Waals surface area contributed by atoms with E-state index >= 15 is 0 Å². The number of Topliss-reactive ketones (excluding diaryl/α,β-unsaturated/α-hetero) is 1. The quantitative estimate of drug-likeness (QED) is 0.888. The van der Waals surface area contributed by atoms with Crippen LogP contribution >= 0.6 is 0 Å². The molecule has 0 aromatic carbocycles. The molecule has 2 heterocycles. The molecule has 0 fully saturated rings. The third-order valence-electron chi connectivity index (χ3n) is 3.33. The molecule has 0 saturated heterocycles. The molecule has 0 aliphatic heterocycles. The summed E-state index contributed by atoms with van der Waals surface area (Å²) in [5.41, 5.74) is 1.40. The van der Waals surface area contributed by atoms with E-state index in [2.05, 4.69) is 15.3 Å². The van der Waals surface area contributed by atoms with Crippen LogP contribution in [0.25, 0.3) is 10.9 Å². The van der Waals surface area contributed by atoms with Crippen LogP contribution in [-0.4, -0.2) is 33.5 Å². The van der Waals surface area contributed by atoms with Crippen molar-refractivity contribution in [1.82, 2.24) is 15.3 Å². The smallest absolute Gasteiger partial charge is 0.408 e. The second kappa shape index (κ2) is 6.81. The number of alkyl carbamates (subject to hydrolysis) is 1. The van der Waals surface area contributed by atoms with Crippen molar-refractivity contribution in [2.24, 2.45) is 0 Å². The van der Waals surface area contributed by atoms with E-state index < -0.39 is 17.7 Å². The molecule has 6 nitrogen and oxygen atoms in total. The number of aromatic nitrogens is 2. The fraction of sp³-hybridized carbons (Fsp3) is 0.471. The predicted molar refractivity (Wildman–Crippen MR) is 88.3 cm³/mol. The Labute approximate surface area is 135 Å². The van der Waals surface area contributed by atoms with Gasteiger partial charge in [-0.3, -0.25) is 9.78 Å². The number of amides is 1. The Morgan fingerprint density at radius 1 is 1.39 bits per heavy atom. The van der Waals surface area contributed by atoms with Gasteiger partial charge in [-0.1, -0.05) is 0 Å². The number of aromatic amines is 1. The van der Waals surface area contributed by atoms with E-state index in [1.807, 2.05) is 12.1 Å². The van der Waals surface area contributed by atoms with E-state index in [1.54, 1.807) is 40.1 Å². The summed E-state index contributed by atoms with van der Waals surface area (Å²) in [7, 11) is 0. The molecule has 2 rings (SSSR count). The van der Waals surface area contributed by atoms with Gasteiger partial charge in [-0.2, -0.15) is 0 Å². The third kappa shape index (κ3) is 5.09. The van der Waals surface area contributed by atoms with E-state index in [1.165, 1.54) is 0 Å². The number of H-pyrrole nitrogens is 1. The molecule has 1 amide bonds. The van der Waals surface area contributed by atoms with E-state index in [0.29, 0.717) is 12.8 Å². The van der Waals surface area contributed by atoms with Crippen LogP contribution in [0.2, 0.25) is 0 Å². The van der Waals surface area contributed by atoms with Crippen LogP contribution in [0.3, 0.4) is 0 Å². The number of ketones is 1. The SMILES string of the molecule is C[C@H](NC(=O)OC(C)(C)C)C(=O)CCc1cc2cnccc2[nH]1. The Balaban J connectivity index is 1.85. The second-order valence-corrected chi connectivity index (χ2v) is 6.59. The molecule has 0 radical (unpaired) electrons. The van der Waals surface area contributed by atoms with Gasteiger partial charge in [0.2, 0.25) is 0 Å². The molecule has 0 saturated carbocycles. The molecule has 0 aliphatic rings. The number of carbonyl (C=O) groups excluding carboxylic acids is 2. The zero-order valence-electron chi connectivity index (χ0n) is 14.0. The Bertz CT molecular complexity index is 667. The molecule has 0 unspecified atom stereocenters. The highest BCUT2D eigenvalue weighted by Crippen LogP contribution is 2.15. The maximum absolute atomic E-state index is 12.1. The minimum atomic E-state index is -0.578. The highest BCUT2D eigenvalue weighted by Gasteiger charge is 2.20. The number of hydrogen-bond acceptors (Lipinski definition) is 4. The molecule has 0 aliphatic carbocycles. The van der Waals surface area contributed by atoms with Crippen LogP contribution in [0.15, 0.2) is 24.5 Å². The Morgan fingerprint density at radius 2 is 2.13 bits per heavy atom. The van der Waals surface area contributed by atoms with Crippen molar-refractivity contribution in [3.05, 3.63) is 30.2 Å². The number of hydrogen-bond donors (Lipinski definition) is 2. The second-order valence-electron chi connectivity index (χ2n) is 6.59. The van der Waals surface area contributed by atoms with Gasteiger partial charge in [0.05, 0.1) is 6.04 Å². The number of fused-ring (bicyclic) bond motifs is 1. The number of nitrogens with one attached hydrogen (secondary N) is 2. The Kier molecular flexibility index (Phi) is 5.03. The molecule has 2 N–H and O–H groups in total. The maximum atomic E-state index is 12.1. The lowest BCUT2D eigenvalue weighted by molar-refractivity contribution is -0.120. The normalized spacial score (nSPS) is 12.9. The maximum Gasteiger partial charge on any atom is 0.408 e. The van der Waals surface area contributed by atoms with Crippen LogP contribution in [-0.2, 0) is 16.0 Å². The summed E-state index contributed by atoms with van der Waals surface area (Å²) in [6.45, 7) is 7.01. The fourth-order valence-electron chi connectivity index (χ4n) is 2.21. The summed E-state index contributed by atoms with van der Waals surface area (Å²) in [4.78, 5) is 31.1. The molecule has 1 atom stereocenters. The van der Waals surface area contributed by atoms with Crippen molar-refractivity contribution in [1.29, 1.82) is 0 Å². The van der Waals surface area contributed by atoms with Gasteiger partial charge >= 0.3 is 6.09 Å². The van der Waals surface area contributed by atoms with Gasteiger partial charge < -0.3 is 15.0 Å². The van der Waals surface area contributed by atoms with Crippen LogP contribution in [0.4, 0.5) is 4.79 Å². The lowest BCUT2D eigenvalue weighted by Gasteiger charge is -2.21. The third-order valence-corrected chi connectivity index (χ3v) is 3.33. The van der Waals surface area contributed by atoms with Gasteiger partial charge in [-0.15, -0.1) is 0 Å². The van der Waals surface area contributed by atoms with Gasteiger partial charge in [0.15, 0.2) is 5.78 Å². The molecule has 0 bridgehead atoms. The number of carbonyl (C=O) groups is 2. The summed E-state index contributed by atoms with van der Waals surface area (Å²) >= 11 is 0. The molecule has 6 heteroatoms. The van der Waals surface area contributed by atoms with Crippen LogP contribution in [0, 0.1) is 0 Å². The van der Waals surface area contributed by atoms with Crippen molar-refractivity contribution < 1.29 is 14.3 Å². The summed E-state index contributed by atoms with van der Waals surface area (Å²) in [6.07, 6.45) is 3.87. The predicted octanol–water partition coefficient (Wildman–Crippen LogP) is 2.98. The number of aryl methyl sites for hydroxylation is 1. The molecule has 2 aromatic heterocycles. The van der Waals surface area contributed by atoms with Gasteiger partial charge in [0.1, 0.15) is 5.60 Å². The van der Waals surface area contributed by atoms with Crippen LogP contribution < -0.4 is 5.32 Å². The Hall–Kier alpha value is -2.37. The summed E-state index contributed by atoms with van der Waals surface area (Å²) in [5, 5.41) is 3.59. The molecular weight excluding hydrogens is 294 g/mol. The Morgan fingerprint density at radius 3 is 2.78 bits per heavy atom. The van der Waals surface area contributed by atoms with Gasteiger partial charge in [-0.25, -0.2) is 4.79 Å². The minimum Gasteiger partial charge on any atom is -0.444 e. The molecular formula is C17H23N3O3. The first-order chi connectivity index (χ1) is 10.7. The van der Waals surface area contributed by atoms with Gasteiger partial charge in [-0.05, 0) is 46.2 Å². The summed E-state index contributed by atoms with van der Waals surface area (Å²) in [5.74, 6) is -0.0346. The number of nitrogens with zero attached hydrogens (tertiary/aromatic N) is 1. The minimum absolute atomic E-state index is 0.0346. The molecule has 124 valence electrons. The van der Waals surface area contributed by atoms with Crippen molar-refractivity contribution in [2.45, 2.75) is 52.2 Å². The van der Waals surface area contributed by atoms with Gasteiger partial charge in [0.25, 0.3) is 0 Å². The summed E-state index contributed by atoms with van der Waals surface area (Å²) in [6, 6.07) is 3.31. The topological polar surface area (TPSA) is 84.1 Å². The average molecular weight is 317 g/mol. The van der Waals surface area contributed by atoms with E-state index in [-0.39, 0.29) is 5.78 Å². The van der Waals surface area contributed by atoms with Crippen molar-refractivity contribution in [3.63, 3.8) is 0 Å². The largest absolute Gasteiger partial charge is 0.444 e. The lowest BCUT2D eigenvalue weighted by Crippen LogP contribution is -2.41. The average Bonchev–Trinajstić information content (AvgIpc) is 2.85. The van der Waals surface area contributed by atoms with E-state index in [0.717, 1.165) is 16.6 Å². The fourth-order valence-corrected chi connectivity index (χ4v) is 2.21. The van der Waals surface area contributed by atoms with E-state index in [4.69, 9.17) is 4.74 Å². The van der Waals surface area contributed by atoms with Crippen molar-refractivity contribution in [2.75, 3.05) is 0 Å². The first-order valence-corrected chi connectivity index (χ1v) is 7.68. The molecule has 23 heavy (non-hydrogen) atoms. The highest BCUT2D eigenvalue weighted by atomic mass is 16.6. The standard InChI is InChI=1S/C17H23N3O3/c1-11(19-16(22)23-17(2,3)4)15(21)6-5-13-9-12-10-18-8-7-14(12)20-13/h7-11,20H,5-6H2,1-4H3,(H,19,22)/t11-/m0/s1. The zero-order chi connectivity index (χ0) is 17.0. The van der Waals surface area contributed by atoms with Crippen molar-refractivity contribution in [3.8, 4) is 0 Å². The van der Waals surface area contributed by atoms with Crippen LogP contribution in [0.1, 0.15) is 39.8 Å².